The molecule has 1 fully saturated rings. The van der Waals surface area contributed by atoms with Crippen LogP contribution in [0.3, 0.4) is 0 Å². The van der Waals surface area contributed by atoms with Gasteiger partial charge in [-0.25, -0.2) is 0 Å². The Kier molecular flexibility index (Phi) is 6.49. The lowest BCUT2D eigenvalue weighted by atomic mass is 10.1. The third kappa shape index (κ3) is 5.03. The van der Waals surface area contributed by atoms with E-state index in [0.717, 1.165) is 12.1 Å². The monoisotopic (exact) mass is 422 g/mol. The van der Waals surface area contributed by atoms with Crippen molar-refractivity contribution in [3.05, 3.63) is 59.7 Å². The highest BCUT2D eigenvalue weighted by molar-refractivity contribution is 5.94. The van der Waals surface area contributed by atoms with Crippen molar-refractivity contribution in [3.63, 3.8) is 0 Å². The van der Waals surface area contributed by atoms with Crippen LogP contribution in [-0.2, 0) is 11.0 Å². The summed E-state index contributed by atoms with van der Waals surface area (Å²) in [4.78, 5) is 28.0. The lowest BCUT2D eigenvalue weighted by Gasteiger charge is -2.34. The minimum atomic E-state index is -4.51. The fraction of sp³-hybridized carbons (Fsp3) is 0.333. The Labute approximate surface area is 171 Å². The van der Waals surface area contributed by atoms with Crippen LogP contribution in [0.25, 0.3) is 0 Å². The van der Waals surface area contributed by atoms with Gasteiger partial charge >= 0.3 is 6.18 Å². The van der Waals surface area contributed by atoms with E-state index < -0.39 is 17.6 Å². The van der Waals surface area contributed by atoms with Crippen LogP contribution in [0.2, 0.25) is 0 Å². The molecule has 160 valence electrons. The van der Waals surface area contributed by atoms with Gasteiger partial charge in [-0.3, -0.25) is 9.59 Å². The molecule has 0 radical (unpaired) electrons. The predicted molar refractivity (Wildman–Crippen MR) is 102 cm³/mol. The van der Waals surface area contributed by atoms with Gasteiger partial charge in [0.05, 0.1) is 12.7 Å². The molecule has 2 aromatic rings. The van der Waals surface area contributed by atoms with Crippen molar-refractivity contribution >= 4 is 11.8 Å². The van der Waals surface area contributed by atoms with Crippen LogP contribution in [-0.4, -0.2) is 61.5 Å². The molecule has 1 aliphatic rings. The summed E-state index contributed by atoms with van der Waals surface area (Å²) in [5.41, 5.74) is -0.889. The van der Waals surface area contributed by atoms with Crippen LogP contribution in [0.5, 0.6) is 11.5 Å². The van der Waals surface area contributed by atoms with Crippen molar-refractivity contribution in [2.24, 2.45) is 0 Å². The van der Waals surface area contributed by atoms with Gasteiger partial charge in [0, 0.05) is 31.7 Å². The van der Waals surface area contributed by atoms with Crippen LogP contribution in [0.15, 0.2) is 48.5 Å². The lowest BCUT2D eigenvalue weighted by Crippen LogP contribution is -2.51. The van der Waals surface area contributed by atoms with Gasteiger partial charge in [-0.1, -0.05) is 18.2 Å². The molecular weight excluding hydrogens is 401 g/mol. The van der Waals surface area contributed by atoms with E-state index in [-0.39, 0.29) is 44.3 Å². The Bertz CT molecular complexity index is 909. The van der Waals surface area contributed by atoms with Gasteiger partial charge in [0.1, 0.15) is 0 Å². The Balaban J connectivity index is 1.54. The molecule has 0 spiro atoms. The number of amides is 2. The zero-order valence-corrected chi connectivity index (χ0v) is 16.3. The van der Waals surface area contributed by atoms with Crippen molar-refractivity contribution < 1.29 is 32.2 Å². The number of methoxy groups -OCH3 is 1. The number of hydrogen-bond donors (Lipinski definition) is 0. The van der Waals surface area contributed by atoms with Crippen LogP contribution in [0.1, 0.15) is 15.9 Å². The van der Waals surface area contributed by atoms with E-state index in [1.165, 1.54) is 24.1 Å². The Morgan fingerprint density at radius 1 is 0.933 bits per heavy atom. The number of rotatable bonds is 5. The first-order valence-electron chi connectivity index (χ1n) is 9.29. The summed E-state index contributed by atoms with van der Waals surface area (Å²) in [5.74, 6) is 0.235. The average molecular weight is 422 g/mol. The van der Waals surface area contributed by atoms with Gasteiger partial charge in [-0.15, -0.1) is 0 Å². The van der Waals surface area contributed by atoms with Crippen molar-refractivity contribution in [1.82, 2.24) is 9.80 Å². The van der Waals surface area contributed by atoms with Gasteiger partial charge in [0.2, 0.25) is 0 Å². The van der Waals surface area contributed by atoms with E-state index in [9.17, 15) is 22.8 Å². The molecule has 2 aromatic carbocycles. The molecule has 0 N–H and O–H groups in total. The molecule has 1 heterocycles. The minimum Gasteiger partial charge on any atom is -0.493 e. The fourth-order valence-electron chi connectivity index (χ4n) is 3.14. The number of nitrogens with zero attached hydrogens (tertiary/aromatic N) is 2. The zero-order chi connectivity index (χ0) is 21.7. The first-order chi connectivity index (χ1) is 14.3. The summed E-state index contributed by atoms with van der Waals surface area (Å²) < 4.78 is 49.3. The highest BCUT2D eigenvalue weighted by Gasteiger charge is 2.32. The van der Waals surface area contributed by atoms with Gasteiger partial charge in [-0.2, -0.15) is 13.2 Å². The topological polar surface area (TPSA) is 59.1 Å². The first-order valence-corrected chi connectivity index (χ1v) is 9.29. The molecule has 1 aliphatic heterocycles. The van der Waals surface area contributed by atoms with Gasteiger partial charge in [-0.05, 0) is 30.3 Å². The molecule has 3 rings (SSSR count). The van der Waals surface area contributed by atoms with Crippen LogP contribution < -0.4 is 9.47 Å². The van der Waals surface area contributed by atoms with Crippen LogP contribution >= 0.6 is 0 Å². The number of benzene rings is 2. The SMILES string of the molecule is COc1ccccc1OCC(=O)N1CCN(C(=O)c2cccc(C(F)(F)F)c2)CC1. The highest BCUT2D eigenvalue weighted by Crippen LogP contribution is 2.30. The molecule has 0 unspecified atom stereocenters. The number of carbonyl (C=O) groups is 2. The lowest BCUT2D eigenvalue weighted by molar-refractivity contribution is -0.137. The van der Waals surface area contributed by atoms with Crippen molar-refractivity contribution in [3.8, 4) is 11.5 Å². The van der Waals surface area contributed by atoms with Crippen LogP contribution in [0.4, 0.5) is 13.2 Å². The quantitative estimate of drug-likeness (QED) is 0.743. The molecular formula is C21H21F3N2O4. The number of carbonyl (C=O) groups excluding carboxylic acids is 2. The van der Waals surface area contributed by atoms with Crippen molar-refractivity contribution in [2.45, 2.75) is 6.18 Å². The Hall–Kier alpha value is -3.23. The maximum Gasteiger partial charge on any atom is 0.416 e. The molecule has 30 heavy (non-hydrogen) atoms. The number of para-hydroxylation sites is 2. The minimum absolute atomic E-state index is 0.0240. The number of alkyl halides is 3. The molecule has 0 aromatic heterocycles. The zero-order valence-electron chi connectivity index (χ0n) is 16.3. The second-order valence-corrected chi connectivity index (χ2v) is 6.69. The van der Waals surface area contributed by atoms with E-state index >= 15 is 0 Å². The second kappa shape index (κ2) is 9.06. The summed E-state index contributed by atoms with van der Waals surface area (Å²) in [6.07, 6.45) is -4.51. The number of hydrogen-bond acceptors (Lipinski definition) is 4. The molecule has 0 bridgehead atoms. The molecule has 2 amide bonds. The predicted octanol–water partition coefficient (Wildman–Crippen LogP) is 3.08. The maximum absolute atomic E-state index is 12.9. The van der Waals surface area contributed by atoms with Crippen molar-refractivity contribution in [2.75, 3.05) is 39.9 Å². The third-order valence-corrected chi connectivity index (χ3v) is 4.78. The summed E-state index contributed by atoms with van der Waals surface area (Å²) in [6, 6.07) is 11.3. The molecule has 6 nitrogen and oxygen atoms in total. The number of halogens is 3. The maximum atomic E-state index is 12.9. The molecule has 0 atom stereocenters. The average Bonchev–Trinajstić information content (AvgIpc) is 2.76. The fourth-order valence-corrected chi connectivity index (χ4v) is 3.14. The van der Waals surface area contributed by atoms with E-state index in [4.69, 9.17) is 9.47 Å². The first kappa shape index (κ1) is 21.5. The van der Waals surface area contributed by atoms with Gasteiger partial charge in [0.15, 0.2) is 18.1 Å². The summed E-state index contributed by atoms with van der Waals surface area (Å²) in [7, 11) is 1.50. The summed E-state index contributed by atoms with van der Waals surface area (Å²) in [6.45, 7) is 0.838. The smallest absolute Gasteiger partial charge is 0.416 e. The van der Waals surface area contributed by atoms with E-state index in [0.29, 0.717) is 11.5 Å². The molecule has 9 heteroatoms. The van der Waals surface area contributed by atoms with Crippen molar-refractivity contribution in [1.29, 1.82) is 0 Å². The molecule has 0 aliphatic carbocycles. The molecule has 1 saturated heterocycles. The largest absolute Gasteiger partial charge is 0.493 e. The summed E-state index contributed by atoms with van der Waals surface area (Å²) >= 11 is 0. The summed E-state index contributed by atoms with van der Waals surface area (Å²) in [5, 5.41) is 0. The van der Waals surface area contributed by atoms with E-state index in [1.54, 1.807) is 29.2 Å². The van der Waals surface area contributed by atoms with E-state index in [2.05, 4.69) is 0 Å². The third-order valence-electron chi connectivity index (χ3n) is 4.78. The number of piperazine rings is 1. The Morgan fingerprint density at radius 2 is 1.57 bits per heavy atom. The normalized spacial score (nSPS) is 14.4. The molecule has 0 saturated carbocycles. The number of ether oxygens (including phenoxy) is 2. The van der Waals surface area contributed by atoms with Gasteiger partial charge in [0.25, 0.3) is 11.8 Å². The Morgan fingerprint density at radius 3 is 2.20 bits per heavy atom. The van der Waals surface area contributed by atoms with Gasteiger partial charge < -0.3 is 19.3 Å². The highest BCUT2D eigenvalue weighted by atomic mass is 19.4. The van der Waals surface area contributed by atoms with E-state index in [1.807, 2.05) is 0 Å². The standard InChI is InChI=1S/C21H21F3N2O4/c1-29-17-7-2-3-8-18(17)30-14-19(27)25-9-11-26(12-10-25)20(28)15-5-4-6-16(13-15)21(22,23)24/h2-8,13H,9-12,14H2,1H3. The van der Waals surface area contributed by atoms with Crippen LogP contribution in [0, 0.1) is 0 Å². The second-order valence-electron chi connectivity index (χ2n) is 6.69.